The van der Waals surface area contributed by atoms with Crippen LogP contribution in [0.2, 0.25) is 0 Å². The lowest BCUT2D eigenvalue weighted by Crippen LogP contribution is -2.51. The molecule has 0 spiro atoms. The van der Waals surface area contributed by atoms with Crippen molar-refractivity contribution in [1.29, 1.82) is 5.26 Å². The van der Waals surface area contributed by atoms with E-state index in [9.17, 15) is 14.9 Å². The Morgan fingerprint density at radius 3 is 2.36 bits per heavy atom. The van der Waals surface area contributed by atoms with Gasteiger partial charge in [-0.2, -0.15) is 5.26 Å². The highest BCUT2D eigenvalue weighted by molar-refractivity contribution is 8.00. The van der Waals surface area contributed by atoms with E-state index in [1.165, 1.54) is 11.8 Å². The van der Waals surface area contributed by atoms with Crippen LogP contribution >= 0.6 is 11.8 Å². The average molecular weight is 463 g/mol. The number of aromatic nitrogens is 2. The Hall–Kier alpha value is -3.11. The lowest BCUT2D eigenvalue weighted by atomic mass is 9.90. The molecule has 7 heteroatoms. The maximum Gasteiger partial charge on any atom is 0.266 e. The highest BCUT2D eigenvalue weighted by atomic mass is 32.2. The van der Waals surface area contributed by atoms with Gasteiger partial charge < -0.3 is 5.32 Å². The van der Waals surface area contributed by atoms with E-state index in [1.807, 2.05) is 50.2 Å². The molecule has 3 rings (SSSR count). The van der Waals surface area contributed by atoms with Crippen LogP contribution in [0.1, 0.15) is 53.0 Å². The number of thioether (sulfide) groups is 1. The van der Waals surface area contributed by atoms with Crippen molar-refractivity contribution in [2.75, 3.05) is 0 Å². The summed E-state index contributed by atoms with van der Waals surface area (Å²) in [6, 6.07) is 17.2. The van der Waals surface area contributed by atoms with Gasteiger partial charge in [-0.3, -0.25) is 14.2 Å². The molecule has 0 bridgehead atoms. The summed E-state index contributed by atoms with van der Waals surface area (Å²) in [5.41, 5.74) is 1.21. The largest absolute Gasteiger partial charge is 0.337 e. The topological polar surface area (TPSA) is 87.8 Å². The fourth-order valence-electron chi connectivity index (χ4n) is 3.45. The Morgan fingerprint density at radius 2 is 1.73 bits per heavy atom. The second kappa shape index (κ2) is 9.80. The third-order valence-electron chi connectivity index (χ3n) is 5.97. The molecule has 0 saturated heterocycles. The summed E-state index contributed by atoms with van der Waals surface area (Å²) in [5, 5.41) is 12.8. The summed E-state index contributed by atoms with van der Waals surface area (Å²) in [5.74, 6) is -0.136. The van der Waals surface area contributed by atoms with E-state index in [2.05, 4.69) is 25.2 Å². The summed E-state index contributed by atoms with van der Waals surface area (Å²) in [6.07, 6.45) is 0. The molecule has 172 valence electrons. The van der Waals surface area contributed by atoms with Crippen LogP contribution in [0, 0.1) is 17.2 Å². The maximum atomic E-state index is 13.6. The third kappa shape index (κ3) is 4.96. The predicted octanol–water partition coefficient (Wildman–Crippen LogP) is 5.04. The summed E-state index contributed by atoms with van der Waals surface area (Å²) >= 11 is 1.22. The van der Waals surface area contributed by atoms with E-state index in [-0.39, 0.29) is 23.3 Å². The van der Waals surface area contributed by atoms with Crippen LogP contribution in [-0.2, 0) is 4.79 Å². The SMILES string of the molecule is CC(Sc1nc2ccccc2c(=O)n1-c1ccccc1C(C)C)C(=O)NC(C)(C#N)C(C)C. The molecule has 1 aromatic heterocycles. The molecule has 2 unspecified atom stereocenters. The van der Waals surface area contributed by atoms with Crippen LogP contribution in [0.15, 0.2) is 58.5 Å². The number of nitrogens with zero attached hydrogens (tertiary/aromatic N) is 3. The molecule has 6 nitrogen and oxygen atoms in total. The Kier molecular flexibility index (Phi) is 7.28. The third-order valence-corrected chi connectivity index (χ3v) is 7.02. The van der Waals surface area contributed by atoms with Crippen molar-refractivity contribution >= 4 is 28.6 Å². The fourth-order valence-corrected chi connectivity index (χ4v) is 4.37. The Bertz CT molecular complexity index is 1280. The van der Waals surface area contributed by atoms with Crippen LogP contribution in [0.5, 0.6) is 0 Å². The molecule has 2 aromatic carbocycles. The van der Waals surface area contributed by atoms with Gasteiger partial charge in [0.25, 0.3) is 5.56 Å². The first-order chi connectivity index (χ1) is 15.6. The van der Waals surface area contributed by atoms with Gasteiger partial charge in [0.2, 0.25) is 5.91 Å². The number of fused-ring (bicyclic) bond motifs is 1. The fraction of sp³-hybridized carbons (Fsp3) is 0.385. The van der Waals surface area contributed by atoms with Crippen molar-refractivity contribution < 1.29 is 4.79 Å². The molecular formula is C26H30N4O2S. The van der Waals surface area contributed by atoms with Gasteiger partial charge in [0.1, 0.15) is 5.54 Å². The number of carbonyl (C=O) groups excluding carboxylic acids is 1. The van der Waals surface area contributed by atoms with Gasteiger partial charge in [0.05, 0.1) is 27.9 Å². The van der Waals surface area contributed by atoms with Gasteiger partial charge in [0, 0.05) is 0 Å². The van der Waals surface area contributed by atoms with Gasteiger partial charge in [0.15, 0.2) is 5.16 Å². The van der Waals surface area contributed by atoms with Crippen molar-refractivity contribution in [2.45, 2.75) is 63.4 Å². The van der Waals surface area contributed by atoms with Crippen molar-refractivity contribution in [3.63, 3.8) is 0 Å². The first-order valence-electron chi connectivity index (χ1n) is 11.1. The number of para-hydroxylation sites is 2. The van der Waals surface area contributed by atoms with E-state index in [4.69, 9.17) is 4.98 Å². The predicted molar refractivity (Wildman–Crippen MR) is 134 cm³/mol. The number of hydrogen-bond donors (Lipinski definition) is 1. The molecule has 0 aliphatic carbocycles. The zero-order valence-electron chi connectivity index (χ0n) is 19.9. The molecule has 0 aliphatic rings. The first-order valence-corrected chi connectivity index (χ1v) is 12.0. The zero-order valence-corrected chi connectivity index (χ0v) is 20.7. The van der Waals surface area contributed by atoms with E-state index in [0.29, 0.717) is 16.1 Å². The highest BCUT2D eigenvalue weighted by Gasteiger charge is 2.32. The number of nitriles is 1. The maximum absolute atomic E-state index is 13.6. The average Bonchev–Trinajstić information content (AvgIpc) is 2.79. The second-order valence-electron chi connectivity index (χ2n) is 8.98. The summed E-state index contributed by atoms with van der Waals surface area (Å²) in [4.78, 5) is 31.4. The molecule has 0 radical (unpaired) electrons. The number of nitrogens with one attached hydrogen (secondary N) is 1. The molecule has 3 aromatic rings. The second-order valence-corrected chi connectivity index (χ2v) is 10.3. The summed E-state index contributed by atoms with van der Waals surface area (Å²) in [7, 11) is 0. The Morgan fingerprint density at radius 1 is 1.09 bits per heavy atom. The normalized spacial score (nSPS) is 14.2. The van der Waals surface area contributed by atoms with Crippen LogP contribution < -0.4 is 10.9 Å². The van der Waals surface area contributed by atoms with E-state index in [0.717, 1.165) is 11.3 Å². The van der Waals surface area contributed by atoms with Crippen LogP contribution in [0.4, 0.5) is 0 Å². The van der Waals surface area contributed by atoms with E-state index >= 15 is 0 Å². The van der Waals surface area contributed by atoms with Gasteiger partial charge in [-0.1, -0.05) is 69.8 Å². The number of carbonyl (C=O) groups is 1. The smallest absolute Gasteiger partial charge is 0.266 e. The van der Waals surface area contributed by atoms with Crippen molar-refractivity contribution in [3.8, 4) is 11.8 Å². The number of rotatable bonds is 7. The molecule has 33 heavy (non-hydrogen) atoms. The minimum Gasteiger partial charge on any atom is -0.337 e. The van der Waals surface area contributed by atoms with Crippen molar-refractivity contribution in [3.05, 3.63) is 64.4 Å². The number of amides is 1. The number of hydrogen-bond acceptors (Lipinski definition) is 5. The molecule has 1 heterocycles. The molecule has 0 saturated carbocycles. The minimum absolute atomic E-state index is 0.0569. The molecule has 2 atom stereocenters. The molecular weight excluding hydrogens is 432 g/mol. The zero-order chi connectivity index (χ0) is 24.3. The lowest BCUT2D eigenvalue weighted by Gasteiger charge is -2.28. The van der Waals surface area contributed by atoms with Gasteiger partial charge in [-0.25, -0.2) is 4.98 Å². The van der Waals surface area contributed by atoms with Crippen molar-refractivity contribution in [2.24, 2.45) is 5.92 Å². The molecule has 1 amide bonds. The number of benzene rings is 2. The molecule has 1 N–H and O–H groups in total. The molecule has 0 fully saturated rings. The van der Waals surface area contributed by atoms with Gasteiger partial charge in [-0.05, 0) is 49.4 Å². The van der Waals surface area contributed by atoms with Gasteiger partial charge in [-0.15, -0.1) is 0 Å². The Balaban J connectivity index is 2.12. The van der Waals surface area contributed by atoms with Crippen LogP contribution in [0.3, 0.4) is 0 Å². The molecule has 0 aliphatic heterocycles. The highest BCUT2D eigenvalue weighted by Crippen LogP contribution is 2.29. The van der Waals surface area contributed by atoms with Crippen LogP contribution in [-0.4, -0.2) is 26.2 Å². The van der Waals surface area contributed by atoms with Crippen molar-refractivity contribution in [1.82, 2.24) is 14.9 Å². The standard InChI is InChI=1S/C26H30N4O2S/c1-16(2)19-11-8-10-14-22(19)30-24(32)20-12-7-9-13-21(20)28-25(30)33-18(5)23(31)29-26(6,15-27)17(3)4/h7-14,16-18H,1-6H3,(H,29,31). The quantitative estimate of drug-likeness (QED) is 0.392. The minimum atomic E-state index is -0.980. The van der Waals surface area contributed by atoms with Crippen LogP contribution in [0.25, 0.3) is 16.6 Å². The first kappa shape index (κ1) is 24.5. The summed E-state index contributed by atoms with van der Waals surface area (Å²) < 4.78 is 1.61. The summed E-state index contributed by atoms with van der Waals surface area (Å²) in [6.45, 7) is 11.4. The Labute approximate surface area is 199 Å². The van der Waals surface area contributed by atoms with E-state index in [1.54, 1.807) is 30.5 Å². The monoisotopic (exact) mass is 462 g/mol. The lowest BCUT2D eigenvalue weighted by molar-refractivity contribution is -0.121. The van der Waals surface area contributed by atoms with E-state index < -0.39 is 10.8 Å². The van der Waals surface area contributed by atoms with Gasteiger partial charge >= 0.3 is 0 Å².